The third kappa shape index (κ3) is 2.56. The summed E-state index contributed by atoms with van der Waals surface area (Å²) in [5.74, 6) is 0.416. The molecule has 0 aliphatic carbocycles. The van der Waals surface area contributed by atoms with Gasteiger partial charge in [0.2, 0.25) is 0 Å². The lowest BCUT2D eigenvalue weighted by atomic mass is 9.73. The van der Waals surface area contributed by atoms with Crippen LogP contribution in [-0.2, 0) is 5.41 Å². The third-order valence-electron chi connectivity index (χ3n) is 3.61. The van der Waals surface area contributed by atoms with Crippen molar-refractivity contribution in [1.82, 2.24) is 0 Å². The van der Waals surface area contributed by atoms with Gasteiger partial charge in [-0.1, -0.05) is 37.3 Å². The maximum atomic E-state index is 10.1. The van der Waals surface area contributed by atoms with E-state index in [1.165, 1.54) is 0 Å². The Bertz CT molecular complexity index is 548. The number of phenolic OH excluding ortho intramolecular Hbond substituents is 2. The molecule has 1 unspecified atom stereocenters. The maximum absolute atomic E-state index is 10.1. The van der Waals surface area contributed by atoms with Crippen molar-refractivity contribution in [3.05, 3.63) is 59.7 Å². The molecule has 19 heavy (non-hydrogen) atoms. The molecule has 1 atom stereocenters. The lowest BCUT2D eigenvalue weighted by Crippen LogP contribution is -2.25. The number of phenols is 2. The van der Waals surface area contributed by atoms with Crippen molar-refractivity contribution in [1.29, 1.82) is 0 Å². The van der Waals surface area contributed by atoms with Crippen LogP contribution in [0.4, 0.5) is 0 Å². The first kappa shape index (κ1) is 13.4. The second kappa shape index (κ2) is 5.33. The van der Waals surface area contributed by atoms with E-state index in [2.05, 4.69) is 0 Å². The van der Waals surface area contributed by atoms with Gasteiger partial charge in [-0.15, -0.1) is 0 Å². The van der Waals surface area contributed by atoms with Gasteiger partial charge in [0.25, 0.3) is 0 Å². The van der Waals surface area contributed by atoms with E-state index < -0.39 is 5.41 Å². The van der Waals surface area contributed by atoms with E-state index in [4.69, 9.17) is 0 Å². The largest absolute Gasteiger partial charge is 0.508 e. The molecule has 0 aliphatic rings. The van der Waals surface area contributed by atoms with Crippen LogP contribution in [-0.4, -0.2) is 21.9 Å². The molecule has 2 aromatic rings. The summed E-state index contributed by atoms with van der Waals surface area (Å²) in [6.07, 6.45) is 0.495. The molecule has 0 aliphatic heterocycles. The second-order valence-corrected chi connectivity index (χ2v) is 4.87. The Morgan fingerprint density at radius 2 is 1.58 bits per heavy atom. The monoisotopic (exact) mass is 258 g/mol. The summed E-state index contributed by atoms with van der Waals surface area (Å²) in [6, 6.07) is 14.0. The van der Waals surface area contributed by atoms with Crippen molar-refractivity contribution in [3.63, 3.8) is 0 Å². The van der Waals surface area contributed by atoms with Crippen LogP contribution in [0, 0.1) is 0 Å². The summed E-state index contributed by atoms with van der Waals surface area (Å²) in [7, 11) is 0. The second-order valence-electron chi connectivity index (χ2n) is 4.87. The Hall–Kier alpha value is -2.00. The fourth-order valence-electron chi connectivity index (χ4n) is 2.43. The van der Waals surface area contributed by atoms with Gasteiger partial charge in [-0.05, 0) is 30.2 Å². The standard InChI is InChI=1S/C16H18O3/c1-16(10-11-17,12-6-8-13(18)9-7-12)14-4-2-3-5-15(14)19/h2-9,17-19H,10-11H2,1H3. The minimum Gasteiger partial charge on any atom is -0.508 e. The van der Waals surface area contributed by atoms with Gasteiger partial charge in [-0.2, -0.15) is 0 Å². The van der Waals surface area contributed by atoms with Gasteiger partial charge >= 0.3 is 0 Å². The molecular weight excluding hydrogens is 240 g/mol. The van der Waals surface area contributed by atoms with Gasteiger partial charge in [0.1, 0.15) is 11.5 Å². The van der Waals surface area contributed by atoms with Crippen molar-refractivity contribution in [2.24, 2.45) is 0 Å². The van der Waals surface area contributed by atoms with Crippen molar-refractivity contribution >= 4 is 0 Å². The van der Waals surface area contributed by atoms with Gasteiger partial charge in [0.15, 0.2) is 0 Å². The highest BCUT2D eigenvalue weighted by Crippen LogP contribution is 2.39. The molecule has 0 saturated carbocycles. The van der Waals surface area contributed by atoms with Crippen LogP contribution in [0.25, 0.3) is 0 Å². The first-order valence-electron chi connectivity index (χ1n) is 6.27. The summed E-state index contributed by atoms with van der Waals surface area (Å²) >= 11 is 0. The third-order valence-corrected chi connectivity index (χ3v) is 3.61. The maximum Gasteiger partial charge on any atom is 0.119 e. The highest BCUT2D eigenvalue weighted by atomic mass is 16.3. The van der Waals surface area contributed by atoms with Crippen LogP contribution >= 0.6 is 0 Å². The van der Waals surface area contributed by atoms with Crippen molar-refractivity contribution in [3.8, 4) is 11.5 Å². The van der Waals surface area contributed by atoms with E-state index in [0.29, 0.717) is 6.42 Å². The average molecular weight is 258 g/mol. The highest BCUT2D eigenvalue weighted by molar-refractivity contribution is 5.46. The first-order chi connectivity index (χ1) is 9.08. The predicted octanol–water partition coefficient (Wildman–Crippen LogP) is 2.79. The molecule has 3 nitrogen and oxygen atoms in total. The van der Waals surface area contributed by atoms with Crippen LogP contribution in [0.15, 0.2) is 48.5 Å². The number of aromatic hydroxyl groups is 2. The Morgan fingerprint density at radius 3 is 2.16 bits per heavy atom. The Labute approximate surface area is 112 Å². The molecule has 2 aromatic carbocycles. The van der Waals surface area contributed by atoms with Crippen molar-refractivity contribution in [2.75, 3.05) is 6.61 Å². The van der Waals surface area contributed by atoms with E-state index in [1.807, 2.05) is 31.2 Å². The van der Waals surface area contributed by atoms with E-state index in [-0.39, 0.29) is 18.1 Å². The smallest absolute Gasteiger partial charge is 0.119 e. The number of rotatable bonds is 4. The number of hydrogen-bond acceptors (Lipinski definition) is 3. The van der Waals surface area contributed by atoms with Gasteiger partial charge in [0.05, 0.1) is 0 Å². The fraction of sp³-hybridized carbons (Fsp3) is 0.250. The van der Waals surface area contributed by atoms with Crippen molar-refractivity contribution in [2.45, 2.75) is 18.8 Å². The van der Waals surface area contributed by atoms with Crippen LogP contribution in [0.3, 0.4) is 0 Å². The first-order valence-corrected chi connectivity index (χ1v) is 6.27. The Balaban J connectivity index is 2.54. The molecule has 3 N–H and O–H groups in total. The van der Waals surface area contributed by atoms with Crippen LogP contribution in [0.1, 0.15) is 24.5 Å². The van der Waals surface area contributed by atoms with E-state index in [1.54, 1.807) is 24.3 Å². The van der Waals surface area contributed by atoms with Gasteiger partial charge < -0.3 is 15.3 Å². The quantitative estimate of drug-likeness (QED) is 0.790. The molecule has 0 saturated heterocycles. The van der Waals surface area contributed by atoms with E-state index in [9.17, 15) is 15.3 Å². The fourth-order valence-corrected chi connectivity index (χ4v) is 2.43. The summed E-state index contributed by atoms with van der Waals surface area (Å²) in [4.78, 5) is 0. The zero-order valence-electron chi connectivity index (χ0n) is 10.9. The molecule has 0 bridgehead atoms. The highest BCUT2D eigenvalue weighted by Gasteiger charge is 2.30. The molecule has 0 radical (unpaired) electrons. The minimum atomic E-state index is -0.492. The predicted molar refractivity (Wildman–Crippen MR) is 74.4 cm³/mol. The molecule has 0 amide bonds. The SMILES string of the molecule is CC(CCO)(c1ccc(O)cc1)c1ccccc1O. The number of benzene rings is 2. The van der Waals surface area contributed by atoms with Gasteiger partial charge in [-0.25, -0.2) is 0 Å². The van der Waals surface area contributed by atoms with E-state index >= 15 is 0 Å². The average Bonchev–Trinajstić information content (AvgIpc) is 2.40. The van der Waals surface area contributed by atoms with Crippen LogP contribution in [0.5, 0.6) is 11.5 Å². The summed E-state index contributed by atoms with van der Waals surface area (Å²) < 4.78 is 0. The molecule has 0 spiro atoms. The number of hydrogen-bond donors (Lipinski definition) is 3. The van der Waals surface area contributed by atoms with Crippen LogP contribution < -0.4 is 0 Å². The molecule has 0 fully saturated rings. The number of aliphatic hydroxyl groups is 1. The number of para-hydroxylation sites is 1. The van der Waals surface area contributed by atoms with Gasteiger partial charge in [-0.3, -0.25) is 0 Å². The lowest BCUT2D eigenvalue weighted by Gasteiger charge is -2.31. The van der Waals surface area contributed by atoms with Gasteiger partial charge in [0, 0.05) is 17.6 Å². The molecule has 0 aromatic heterocycles. The molecule has 0 heterocycles. The minimum absolute atomic E-state index is 0.0196. The molecular formula is C16H18O3. The summed E-state index contributed by atoms with van der Waals surface area (Å²) in [6.45, 7) is 2.00. The summed E-state index contributed by atoms with van der Waals surface area (Å²) in [5.41, 5.74) is 1.23. The molecule has 3 heteroatoms. The Kier molecular flexibility index (Phi) is 3.76. The lowest BCUT2D eigenvalue weighted by molar-refractivity contribution is 0.257. The molecule has 2 rings (SSSR count). The normalized spacial score (nSPS) is 14.0. The Morgan fingerprint density at radius 1 is 0.947 bits per heavy atom. The zero-order chi connectivity index (χ0) is 13.9. The number of aliphatic hydroxyl groups excluding tert-OH is 1. The summed E-state index contributed by atoms with van der Waals surface area (Å²) in [5, 5.41) is 28.8. The topological polar surface area (TPSA) is 60.7 Å². The molecule has 100 valence electrons. The zero-order valence-corrected chi connectivity index (χ0v) is 10.9. The van der Waals surface area contributed by atoms with E-state index in [0.717, 1.165) is 11.1 Å². The van der Waals surface area contributed by atoms with Crippen molar-refractivity contribution < 1.29 is 15.3 Å². The van der Waals surface area contributed by atoms with Crippen LogP contribution in [0.2, 0.25) is 0 Å².